The predicted molar refractivity (Wildman–Crippen MR) is 108 cm³/mol. The summed E-state index contributed by atoms with van der Waals surface area (Å²) in [6, 6.07) is 15.3. The van der Waals surface area contributed by atoms with Crippen molar-refractivity contribution in [3.63, 3.8) is 0 Å². The van der Waals surface area contributed by atoms with Gasteiger partial charge >= 0.3 is 0 Å². The molecule has 3 aromatic rings. The molecular formula is C21H19ClFN3O2. The van der Waals surface area contributed by atoms with Crippen molar-refractivity contribution in [3.05, 3.63) is 82.9 Å². The van der Waals surface area contributed by atoms with E-state index in [0.29, 0.717) is 24.3 Å². The summed E-state index contributed by atoms with van der Waals surface area (Å²) in [5.41, 5.74) is 2.61. The van der Waals surface area contributed by atoms with Gasteiger partial charge in [-0.1, -0.05) is 23.7 Å². The van der Waals surface area contributed by atoms with Crippen LogP contribution in [0.25, 0.3) is 0 Å². The Morgan fingerprint density at radius 2 is 1.96 bits per heavy atom. The van der Waals surface area contributed by atoms with Crippen molar-refractivity contribution in [1.29, 1.82) is 0 Å². The molecule has 2 aromatic carbocycles. The Morgan fingerprint density at radius 3 is 2.75 bits per heavy atom. The number of carbonyl (C=O) groups is 1. The summed E-state index contributed by atoms with van der Waals surface area (Å²) < 4.78 is 18.5. The molecule has 0 aliphatic carbocycles. The number of nitrogens with zero attached hydrogens (tertiary/aromatic N) is 1. The number of hydrogen-bond acceptors (Lipinski definition) is 4. The first-order chi connectivity index (χ1) is 13.5. The van der Waals surface area contributed by atoms with Gasteiger partial charge in [0.15, 0.2) is 0 Å². The van der Waals surface area contributed by atoms with Crippen LogP contribution >= 0.6 is 11.6 Å². The molecule has 7 heteroatoms. The van der Waals surface area contributed by atoms with E-state index in [0.717, 1.165) is 11.3 Å². The fraction of sp³-hybridized carbons (Fsp3) is 0.143. The second kappa shape index (κ2) is 9.19. The molecular weight excluding hydrogens is 381 g/mol. The molecule has 0 atom stereocenters. The number of nitrogens with one attached hydrogen (secondary N) is 2. The molecule has 0 bridgehead atoms. The van der Waals surface area contributed by atoms with E-state index in [9.17, 15) is 9.18 Å². The van der Waals surface area contributed by atoms with E-state index >= 15 is 0 Å². The highest BCUT2D eigenvalue weighted by molar-refractivity contribution is 6.31. The highest BCUT2D eigenvalue weighted by Gasteiger charge is 2.09. The van der Waals surface area contributed by atoms with Crippen LogP contribution in [0.3, 0.4) is 0 Å². The summed E-state index contributed by atoms with van der Waals surface area (Å²) >= 11 is 5.79. The molecule has 5 nitrogen and oxygen atoms in total. The molecule has 0 radical (unpaired) electrons. The second-order valence-corrected chi connectivity index (χ2v) is 6.45. The van der Waals surface area contributed by atoms with Crippen molar-refractivity contribution in [1.82, 2.24) is 10.3 Å². The van der Waals surface area contributed by atoms with Crippen LogP contribution < -0.4 is 15.4 Å². The van der Waals surface area contributed by atoms with Crippen LogP contribution in [-0.4, -0.2) is 24.5 Å². The minimum atomic E-state index is -0.488. The smallest absolute Gasteiger partial charge is 0.269 e. The number of anilines is 2. The molecule has 0 spiro atoms. The Bertz CT molecular complexity index is 981. The van der Waals surface area contributed by atoms with E-state index in [1.807, 2.05) is 24.3 Å². The van der Waals surface area contributed by atoms with Gasteiger partial charge < -0.3 is 15.4 Å². The first-order valence-corrected chi connectivity index (χ1v) is 9.02. The Labute approximate surface area is 167 Å². The van der Waals surface area contributed by atoms with Crippen molar-refractivity contribution in [3.8, 4) is 5.75 Å². The van der Waals surface area contributed by atoms with Crippen molar-refractivity contribution in [2.75, 3.05) is 19.0 Å². The molecule has 0 saturated carbocycles. The number of methoxy groups -OCH3 is 1. The zero-order valence-corrected chi connectivity index (χ0v) is 16.0. The molecule has 0 unspecified atom stereocenters. The highest BCUT2D eigenvalue weighted by atomic mass is 35.5. The molecule has 0 aliphatic rings. The Morgan fingerprint density at radius 1 is 1.14 bits per heavy atom. The number of amides is 1. The van der Waals surface area contributed by atoms with Gasteiger partial charge in [-0.25, -0.2) is 4.39 Å². The average Bonchev–Trinajstić information content (AvgIpc) is 2.71. The highest BCUT2D eigenvalue weighted by Crippen LogP contribution is 2.22. The molecule has 0 saturated heterocycles. The van der Waals surface area contributed by atoms with Crippen LogP contribution in [0, 0.1) is 5.82 Å². The topological polar surface area (TPSA) is 63.2 Å². The lowest BCUT2D eigenvalue weighted by atomic mass is 10.1. The maximum Gasteiger partial charge on any atom is 0.269 e. The number of aromatic nitrogens is 1. The van der Waals surface area contributed by atoms with Crippen LogP contribution in [0.1, 0.15) is 16.1 Å². The Hall–Kier alpha value is -3.12. The van der Waals surface area contributed by atoms with Gasteiger partial charge in [0.25, 0.3) is 5.91 Å². The van der Waals surface area contributed by atoms with Crippen LogP contribution in [0.4, 0.5) is 15.8 Å². The van der Waals surface area contributed by atoms with Gasteiger partial charge in [-0.3, -0.25) is 9.78 Å². The monoisotopic (exact) mass is 399 g/mol. The minimum Gasteiger partial charge on any atom is -0.497 e. The summed E-state index contributed by atoms with van der Waals surface area (Å²) in [5.74, 6) is 0.0203. The maximum atomic E-state index is 13.3. The molecule has 1 amide bonds. The quantitative estimate of drug-likeness (QED) is 0.609. The van der Waals surface area contributed by atoms with Gasteiger partial charge in [0.2, 0.25) is 0 Å². The van der Waals surface area contributed by atoms with Gasteiger partial charge in [0.05, 0.1) is 12.1 Å². The van der Waals surface area contributed by atoms with Crippen molar-refractivity contribution in [2.45, 2.75) is 6.42 Å². The largest absolute Gasteiger partial charge is 0.497 e. The molecule has 144 valence electrons. The zero-order valence-electron chi connectivity index (χ0n) is 15.2. The number of ether oxygens (including phenoxy) is 1. The number of hydrogen-bond donors (Lipinski definition) is 2. The summed E-state index contributed by atoms with van der Waals surface area (Å²) in [5, 5.41) is 5.95. The fourth-order valence-electron chi connectivity index (χ4n) is 2.61. The summed E-state index contributed by atoms with van der Waals surface area (Å²) in [4.78, 5) is 16.5. The predicted octanol–water partition coefficient (Wildman–Crippen LogP) is 4.60. The zero-order chi connectivity index (χ0) is 19.9. The van der Waals surface area contributed by atoms with Crippen molar-refractivity contribution < 1.29 is 13.9 Å². The fourth-order valence-corrected chi connectivity index (χ4v) is 2.79. The van der Waals surface area contributed by atoms with E-state index in [2.05, 4.69) is 15.6 Å². The summed E-state index contributed by atoms with van der Waals surface area (Å²) in [7, 11) is 1.62. The third-order valence-corrected chi connectivity index (χ3v) is 4.32. The van der Waals surface area contributed by atoms with Crippen molar-refractivity contribution >= 4 is 28.9 Å². The molecule has 28 heavy (non-hydrogen) atoms. The van der Waals surface area contributed by atoms with Gasteiger partial charge in [-0.15, -0.1) is 0 Å². The van der Waals surface area contributed by atoms with Gasteiger partial charge in [-0.2, -0.15) is 0 Å². The van der Waals surface area contributed by atoms with Gasteiger partial charge in [0.1, 0.15) is 17.3 Å². The third-order valence-electron chi connectivity index (χ3n) is 4.03. The normalized spacial score (nSPS) is 10.4. The van der Waals surface area contributed by atoms with Crippen LogP contribution in [0.5, 0.6) is 5.75 Å². The van der Waals surface area contributed by atoms with E-state index in [1.54, 1.807) is 25.3 Å². The third kappa shape index (κ3) is 5.20. The van der Waals surface area contributed by atoms with Crippen LogP contribution in [0.2, 0.25) is 5.02 Å². The molecule has 0 aliphatic heterocycles. The van der Waals surface area contributed by atoms with Crippen LogP contribution in [-0.2, 0) is 6.42 Å². The standard InChI is InChI=1S/C21H19ClFN3O2/c1-28-17-4-2-3-14(11-17)7-9-25-21(27)20-13-16(8-10-24-20)26-15-5-6-19(23)18(22)12-15/h2-6,8,10-13H,7,9H2,1H3,(H,24,26)(H,25,27). The van der Waals surface area contributed by atoms with E-state index in [4.69, 9.17) is 16.3 Å². The molecule has 1 heterocycles. The van der Waals surface area contributed by atoms with Crippen molar-refractivity contribution in [2.24, 2.45) is 0 Å². The molecule has 2 N–H and O–H groups in total. The Kier molecular flexibility index (Phi) is 6.45. The van der Waals surface area contributed by atoms with E-state index < -0.39 is 5.82 Å². The second-order valence-electron chi connectivity index (χ2n) is 6.04. The first kappa shape index (κ1) is 19.6. The van der Waals surface area contributed by atoms with E-state index in [1.165, 1.54) is 18.3 Å². The van der Waals surface area contributed by atoms with Gasteiger partial charge in [0, 0.05) is 24.1 Å². The first-order valence-electron chi connectivity index (χ1n) is 8.64. The lowest BCUT2D eigenvalue weighted by molar-refractivity contribution is 0.0949. The number of benzene rings is 2. The molecule has 3 rings (SSSR count). The Balaban J connectivity index is 1.59. The molecule has 0 fully saturated rings. The number of halogens is 2. The number of rotatable bonds is 7. The average molecular weight is 400 g/mol. The maximum absolute atomic E-state index is 13.3. The summed E-state index contributed by atoms with van der Waals surface area (Å²) in [6.07, 6.45) is 2.21. The lowest BCUT2D eigenvalue weighted by Crippen LogP contribution is -2.26. The lowest BCUT2D eigenvalue weighted by Gasteiger charge is -2.09. The minimum absolute atomic E-state index is 0.0227. The van der Waals surface area contributed by atoms with E-state index in [-0.39, 0.29) is 16.6 Å². The molecule has 1 aromatic heterocycles. The van der Waals surface area contributed by atoms with Gasteiger partial charge in [-0.05, 0) is 54.4 Å². The number of pyridine rings is 1. The summed E-state index contributed by atoms with van der Waals surface area (Å²) in [6.45, 7) is 0.471. The SMILES string of the molecule is COc1cccc(CCNC(=O)c2cc(Nc3ccc(F)c(Cl)c3)ccn2)c1. The van der Waals surface area contributed by atoms with Crippen LogP contribution in [0.15, 0.2) is 60.8 Å². The number of carbonyl (C=O) groups excluding carboxylic acids is 1.